The fourth-order valence-electron chi connectivity index (χ4n) is 0.740. The minimum atomic E-state index is -0.727. The van der Waals surface area contributed by atoms with E-state index < -0.39 is 5.97 Å². The zero-order valence-corrected chi connectivity index (χ0v) is 9.21. The summed E-state index contributed by atoms with van der Waals surface area (Å²) in [4.78, 5) is 10.2. The third kappa shape index (κ3) is 8.27. The average molecular weight is 208 g/mol. The van der Waals surface area contributed by atoms with E-state index in [1.165, 1.54) is 30.1 Å². The average Bonchev–Trinajstić information content (AvgIpc) is 2.00. The minimum absolute atomic E-state index is 0.209. The topological polar surface area (TPSA) is 37.3 Å². The van der Waals surface area contributed by atoms with Crippen molar-refractivity contribution in [3.05, 3.63) is 0 Å². The molecule has 1 atom stereocenters. The van der Waals surface area contributed by atoms with Gasteiger partial charge in [-0.15, -0.1) is 0 Å². The summed E-state index contributed by atoms with van der Waals surface area (Å²) in [7, 11) is 3.12. The molecule has 1 N–H and O–H groups in total. The van der Waals surface area contributed by atoms with Gasteiger partial charge in [-0.1, -0.05) is 48.3 Å². The van der Waals surface area contributed by atoms with Gasteiger partial charge in [0.2, 0.25) is 0 Å². The maximum atomic E-state index is 10.2. The summed E-state index contributed by atoms with van der Waals surface area (Å²) in [5.41, 5.74) is 0. The first-order chi connectivity index (χ1) is 5.66. The first kappa shape index (κ1) is 12.2. The molecule has 0 saturated carbocycles. The second-order valence-corrected chi connectivity index (χ2v) is 5.51. The molecule has 0 aromatic carbocycles. The van der Waals surface area contributed by atoms with Crippen LogP contribution in [-0.4, -0.2) is 22.1 Å². The molecule has 2 nitrogen and oxygen atoms in total. The van der Waals surface area contributed by atoms with E-state index >= 15 is 0 Å². The molecule has 0 aromatic rings. The highest BCUT2D eigenvalue weighted by molar-refractivity contribution is 8.77. The van der Waals surface area contributed by atoms with E-state index in [0.717, 1.165) is 0 Å². The molecule has 12 heavy (non-hydrogen) atoms. The van der Waals surface area contributed by atoms with Crippen LogP contribution in [0.5, 0.6) is 0 Å². The largest absolute Gasteiger partial charge is 0.481 e. The molecule has 0 amide bonds. The maximum Gasteiger partial charge on any atom is 0.314 e. The Morgan fingerprint density at radius 3 is 2.75 bits per heavy atom. The predicted octanol–water partition coefficient (Wildman–Crippen LogP) is 3.03. The highest BCUT2D eigenvalue weighted by Crippen LogP contribution is 2.29. The summed E-state index contributed by atoms with van der Waals surface area (Å²) in [6, 6.07) is 0. The Kier molecular flexibility index (Phi) is 7.91. The second kappa shape index (κ2) is 7.80. The van der Waals surface area contributed by atoms with Crippen molar-refractivity contribution in [2.45, 2.75) is 38.4 Å². The van der Waals surface area contributed by atoms with Crippen molar-refractivity contribution in [1.82, 2.24) is 0 Å². The Labute approximate surface area is 81.9 Å². The Bertz CT molecular complexity index is 128. The van der Waals surface area contributed by atoms with Gasteiger partial charge in [0.25, 0.3) is 0 Å². The van der Waals surface area contributed by atoms with E-state index in [1.54, 1.807) is 10.8 Å². The van der Waals surface area contributed by atoms with Gasteiger partial charge in [-0.05, 0) is 6.42 Å². The fourth-order valence-corrected chi connectivity index (χ4v) is 2.90. The van der Waals surface area contributed by atoms with E-state index in [4.69, 9.17) is 5.11 Å². The van der Waals surface area contributed by atoms with Crippen molar-refractivity contribution in [1.29, 1.82) is 0 Å². The van der Waals surface area contributed by atoms with Gasteiger partial charge in [0.05, 0.1) is 0 Å². The molecule has 0 aliphatic rings. The van der Waals surface area contributed by atoms with Crippen LogP contribution in [0.3, 0.4) is 0 Å². The number of carboxylic acid groups (broad SMARTS) is 1. The number of hydrogen-bond donors (Lipinski definition) is 1. The molecule has 0 radical (unpaired) electrons. The fraction of sp³-hybridized carbons (Fsp3) is 0.875. The van der Waals surface area contributed by atoms with Crippen molar-refractivity contribution in [2.75, 3.05) is 5.75 Å². The molecule has 0 aliphatic heterocycles. The highest BCUT2D eigenvalue weighted by Gasteiger charge is 2.04. The van der Waals surface area contributed by atoms with Crippen molar-refractivity contribution in [2.24, 2.45) is 0 Å². The standard InChI is InChI=1S/C8H16O2S2/c1-3-4-5-7(2)12-11-6-8(9)10/h7H,3-6H2,1-2H3,(H,9,10). The number of unbranched alkanes of at least 4 members (excludes halogenated alkanes) is 1. The van der Waals surface area contributed by atoms with Gasteiger partial charge in [-0.2, -0.15) is 0 Å². The summed E-state index contributed by atoms with van der Waals surface area (Å²) in [5.74, 6) is -0.517. The summed E-state index contributed by atoms with van der Waals surface area (Å²) in [6.45, 7) is 4.32. The van der Waals surface area contributed by atoms with Crippen LogP contribution in [0.2, 0.25) is 0 Å². The molecular weight excluding hydrogens is 192 g/mol. The predicted molar refractivity (Wildman–Crippen MR) is 56.7 cm³/mol. The Morgan fingerprint density at radius 1 is 1.58 bits per heavy atom. The molecular formula is C8H16O2S2. The molecule has 0 aliphatic carbocycles. The van der Waals surface area contributed by atoms with Gasteiger partial charge in [-0.3, -0.25) is 4.79 Å². The molecule has 72 valence electrons. The summed E-state index contributed by atoms with van der Waals surface area (Å²) in [5, 5.41) is 8.95. The Hall–Kier alpha value is 0.170. The van der Waals surface area contributed by atoms with E-state index in [0.29, 0.717) is 5.25 Å². The van der Waals surface area contributed by atoms with Crippen LogP contribution in [0.15, 0.2) is 0 Å². The van der Waals surface area contributed by atoms with E-state index in [-0.39, 0.29) is 5.75 Å². The summed E-state index contributed by atoms with van der Waals surface area (Å²) in [6.07, 6.45) is 3.64. The van der Waals surface area contributed by atoms with E-state index in [9.17, 15) is 4.79 Å². The lowest BCUT2D eigenvalue weighted by Gasteiger charge is -2.07. The lowest BCUT2D eigenvalue weighted by molar-refractivity contribution is -0.133. The smallest absolute Gasteiger partial charge is 0.314 e. The van der Waals surface area contributed by atoms with Crippen LogP contribution in [0.25, 0.3) is 0 Å². The molecule has 0 rings (SSSR count). The van der Waals surface area contributed by atoms with Crippen LogP contribution in [0, 0.1) is 0 Å². The van der Waals surface area contributed by atoms with Crippen LogP contribution in [0.4, 0.5) is 0 Å². The number of carbonyl (C=O) groups is 1. The third-order valence-corrected chi connectivity index (χ3v) is 4.19. The Balaban J connectivity index is 3.19. The zero-order chi connectivity index (χ0) is 9.40. The zero-order valence-electron chi connectivity index (χ0n) is 7.58. The first-order valence-electron chi connectivity index (χ1n) is 4.17. The lowest BCUT2D eigenvalue weighted by Crippen LogP contribution is -1.98. The number of hydrogen-bond acceptors (Lipinski definition) is 3. The van der Waals surface area contributed by atoms with Gasteiger partial charge in [0.15, 0.2) is 0 Å². The van der Waals surface area contributed by atoms with E-state index in [2.05, 4.69) is 13.8 Å². The first-order valence-corrected chi connectivity index (χ1v) is 6.55. The number of carboxylic acids is 1. The molecule has 0 spiro atoms. The summed E-state index contributed by atoms with van der Waals surface area (Å²) < 4.78 is 0. The van der Waals surface area contributed by atoms with Crippen LogP contribution >= 0.6 is 21.6 Å². The van der Waals surface area contributed by atoms with Crippen LogP contribution in [0.1, 0.15) is 33.1 Å². The molecule has 0 aromatic heterocycles. The van der Waals surface area contributed by atoms with Gasteiger partial charge in [-0.25, -0.2) is 0 Å². The van der Waals surface area contributed by atoms with Crippen molar-refractivity contribution in [3.8, 4) is 0 Å². The Morgan fingerprint density at radius 2 is 2.25 bits per heavy atom. The van der Waals surface area contributed by atoms with Gasteiger partial charge >= 0.3 is 5.97 Å². The molecule has 0 bridgehead atoms. The minimum Gasteiger partial charge on any atom is -0.481 e. The van der Waals surface area contributed by atoms with E-state index in [1.807, 2.05) is 0 Å². The highest BCUT2D eigenvalue weighted by atomic mass is 33.1. The van der Waals surface area contributed by atoms with Crippen LogP contribution < -0.4 is 0 Å². The number of aliphatic carboxylic acids is 1. The molecule has 0 fully saturated rings. The molecule has 0 heterocycles. The SMILES string of the molecule is CCCCC(C)SSCC(=O)O. The summed E-state index contributed by atoms with van der Waals surface area (Å²) >= 11 is 0. The third-order valence-electron chi connectivity index (χ3n) is 1.38. The van der Waals surface area contributed by atoms with Crippen molar-refractivity contribution >= 4 is 27.6 Å². The van der Waals surface area contributed by atoms with Gasteiger partial charge in [0, 0.05) is 5.25 Å². The molecule has 4 heteroatoms. The van der Waals surface area contributed by atoms with Crippen molar-refractivity contribution < 1.29 is 9.90 Å². The lowest BCUT2D eigenvalue weighted by atomic mass is 10.2. The molecule has 0 saturated heterocycles. The maximum absolute atomic E-state index is 10.2. The van der Waals surface area contributed by atoms with Gasteiger partial charge < -0.3 is 5.11 Å². The van der Waals surface area contributed by atoms with Gasteiger partial charge in [0.1, 0.15) is 5.75 Å². The normalized spacial score (nSPS) is 12.8. The van der Waals surface area contributed by atoms with Crippen LogP contribution in [-0.2, 0) is 4.79 Å². The second-order valence-electron chi connectivity index (χ2n) is 2.70. The molecule has 1 unspecified atom stereocenters. The quantitative estimate of drug-likeness (QED) is 0.653. The monoisotopic (exact) mass is 208 g/mol. The van der Waals surface area contributed by atoms with Crippen molar-refractivity contribution in [3.63, 3.8) is 0 Å². The number of rotatable bonds is 7.